The Hall–Kier alpha value is -0.160. The van der Waals surface area contributed by atoms with Crippen LogP contribution in [0.3, 0.4) is 0 Å². The zero-order chi connectivity index (χ0) is 11.5. The van der Waals surface area contributed by atoms with Crippen molar-refractivity contribution in [2.75, 3.05) is 52.4 Å². The summed E-state index contributed by atoms with van der Waals surface area (Å²) in [5, 5.41) is 0. The molecule has 0 amide bonds. The van der Waals surface area contributed by atoms with E-state index < -0.39 is 0 Å². The molecule has 4 nitrogen and oxygen atoms in total. The molecule has 0 N–H and O–H groups in total. The zero-order valence-corrected chi connectivity index (χ0v) is 10.9. The van der Waals surface area contributed by atoms with Gasteiger partial charge >= 0.3 is 0 Å². The Morgan fingerprint density at radius 2 is 1.24 bits per heavy atom. The molecule has 0 aliphatic carbocycles. The summed E-state index contributed by atoms with van der Waals surface area (Å²) >= 11 is 0. The predicted molar refractivity (Wildman–Crippen MR) is 67.7 cm³/mol. The third-order valence-corrected chi connectivity index (χ3v) is 5.52. The average Bonchev–Trinajstić information content (AvgIpc) is 2.35. The highest BCUT2D eigenvalue weighted by molar-refractivity contribution is 5.07. The van der Waals surface area contributed by atoms with Gasteiger partial charge in [-0.1, -0.05) is 0 Å². The molecule has 96 valence electrons. The van der Waals surface area contributed by atoms with Gasteiger partial charge < -0.3 is 0 Å². The fourth-order valence-corrected chi connectivity index (χ4v) is 4.72. The van der Waals surface area contributed by atoms with Gasteiger partial charge in [0.25, 0.3) is 0 Å². The molecule has 4 heteroatoms. The van der Waals surface area contributed by atoms with Crippen LogP contribution in [0.4, 0.5) is 0 Å². The standard InChI is InChI=1S/C13H24N4/c1-13-12-14-4-2-5-15(12)9-11-17(13)7-3-6-16(13)10-8-14/h12H,2-11H2,1H3. The van der Waals surface area contributed by atoms with Gasteiger partial charge in [-0.2, -0.15) is 0 Å². The van der Waals surface area contributed by atoms with Crippen LogP contribution in [0, 0.1) is 0 Å². The van der Waals surface area contributed by atoms with Crippen molar-refractivity contribution in [3.8, 4) is 0 Å². The molecule has 0 aromatic carbocycles. The van der Waals surface area contributed by atoms with Crippen LogP contribution >= 0.6 is 0 Å². The summed E-state index contributed by atoms with van der Waals surface area (Å²) in [5.74, 6) is 0. The van der Waals surface area contributed by atoms with Crippen LogP contribution in [0.5, 0.6) is 0 Å². The van der Waals surface area contributed by atoms with E-state index in [9.17, 15) is 0 Å². The molecule has 17 heavy (non-hydrogen) atoms. The lowest BCUT2D eigenvalue weighted by molar-refractivity contribution is -0.235. The minimum Gasteiger partial charge on any atom is -0.284 e. The third-order valence-electron chi connectivity index (χ3n) is 5.52. The Balaban J connectivity index is 1.75. The van der Waals surface area contributed by atoms with Crippen LogP contribution in [0.15, 0.2) is 0 Å². The Morgan fingerprint density at radius 3 is 1.82 bits per heavy atom. The molecule has 0 atom stereocenters. The van der Waals surface area contributed by atoms with Crippen molar-refractivity contribution in [3.63, 3.8) is 0 Å². The molecule has 4 aliphatic rings. The number of nitrogens with zero attached hydrogens (tertiary/aromatic N) is 4. The molecular weight excluding hydrogens is 212 g/mol. The number of hydrogen-bond donors (Lipinski definition) is 0. The van der Waals surface area contributed by atoms with Gasteiger partial charge in [0.2, 0.25) is 0 Å². The highest BCUT2D eigenvalue weighted by Crippen LogP contribution is 2.40. The molecule has 0 aromatic rings. The first-order valence-corrected chi connectivity index (χ1v) is 7.28. The molecule has 0 saturated carbocycles. The van der Waals surface area contributed by atoms with Crippen LogP contribution in [-0.4, -0.2) is 83.8 Å². The summed E-state index contributed by atoms with van der Waals surface area (Å²) in [7, 11) is 0. The van der Waals surface area contributed by atoms with E-state index in [1.165, 1.54) is 65.2 Å². The highest BCUT2D eigenvalue weighted by atomic mass is 15.6. The topological polar surface area (TPSA) is 13.0 Å². The van der Waals surface area contributed by atoms with E-state index in [1.54, 1.807) is 0 Å². The average molecular weight is 236 g/mol. The Morgan fingerprint density at radius 1 is 0.706 bits per heavy atom. The van der Waals surface area contributed by atoms with Crippen LogP contribution in [-0.2, 0) is 0 Å². The van der Waals surface area contributed by atoms with E-state index >= 15 is 0 Å². The maximum Gasteiger partial charge on any atom is 0.101 e. The van der Waals surface area contributed by atoms with Crippen molar-refractivity contribution in [3.05, 3.63) is 0 Å². The van der Waals surface area contributed by atoms with Crippen molar-refractivity contribution in [2.45, 2.75) is 31.6 Å². The van der Waals surface area contributed by atoms with Crippen LogP contribution in [0.1, 0.15) is 19.8 Å². The Bertz CT molecular complexity index is 295. The lowest BCUT2D eigenvalue weighted by Crippen LogP contribution is -2.83. The van der Waals surface area contributed by atoms with Crippen molar-refractivity contribution < 1.29 is 0 Å². The lowest BCUT2D eigenvalue weighted by atomic mass is 9.90. The van der Waals surface area contributed by atoms with E-state index in [-0.39, 0.29) is 0 Å². The largest absolute Gasteiger partial charge is 0.284 e. The van der Waals surface area contributed by atoms with Crippen LogP contribution < -0.4 is 0 Å². The van der Waals surface area contributed by atoms with Gasteiger partial charge in [0.1, 0.15) is 5.66 Å². The molecule has 4 saturated heterocycles. The summed E-state index contributed by atoms with van der Waals surface area (Å²) in [6.07, 6.45) is 3.40. The second kappa shape index (κ2) is 3.67. The zero-order valence-electron chi connectivity index (χ0n) is 10.9. The molecule has 4 aliphatic heterocycles. The smallest absolute Gasteiger partial charge is 0.101 e. The van der Waals surface area contributed by atoms with Crippen molar-refractivity contribution in [1.82, 2.24) is 19.6 Å². The third kappa shape index (κ3) is 1.33. The van der Waals surface area contributed by atoms with Gasteiger partial charge in [-0.15, -0.1) is 0 Å². The summed E-state index contributed by atoms with van der Waals surface area (Å²) in [6.45, 7) is 12.9. The van der Waals surface area contributed by atoms with E-state index in [4.69, 9.17) is 0 Å². The van der Waals surface area contributed by atoms with Crippen molar-refractivity contribution in [2.24, 2.45) is 0 Å². The van der Waals surface area contributed by atoms with Gasteiger partial charge in [-0.05, 0) is 19.8 Å². The number of rotatable bonds is 0. The van der Waals surface area contributed by atoms with Gasteiger partial charge in [0.05, 0.1) is 6.17 Å². The predicted octanol–water partition coefficient (Wildman–Crippen LogP) is 0.0713. The summed E-state index contributed by atoms with van der Waals surface area (Å²) in [4.78, 5) is 11.0. The molecule has 4 heterocycles. The van der Waals surface area contributed by atoms with Crippen molar-refractivity contribution in [1.29, 1.82) is 0 Å². The maximum absolute atomic E-state index is 2.76. The molecular formula is C13H24N4. The SMILES string of the molecule is CC12C3N4CCCN3CCN1CCCN2CC4. The fourth-order valence-electron chi connectivity index (χ4n) is 4.72. The first-order valence-electron chi connectivity index (χ1n) is 7.28. The quantitative estimate of drug-likeness (QED) is 0.590. The Labute approximate surface area is 104 Å². The van der Waals surface area contributed by atoms with Crippen LogP contribution in [0.2, 0.25) is 0 Å². The molecule has 4 fully saturated rings. The lowest BCUT2D eigenvalue weighted by Gasteiger charge is -2.67. The molecule has 0 spiro atoms. The minimum atomic E-state index is 0.301. The van der Waals surface area contributed by atoms with Crippen molar-refractivity contribution >= 4 is 0 Å². The molecule has 0 radical (unpaired) electrons. The Kier molecular flexibility index (Phi) is 2.32. The first-order chi connectivity index (χ1) is 8.30. The fraction of sp³-hybridized carbons (Fsp3) is 1.00. The second-order valence-electron chi connectivity index (χ2n) is 6.22. The molecule has 0 bridgehead atoms. The number of hydrogen-bond acceptors (Lipinski definition) is 4. The monoisotopic (exact) mass is 236 g/mol. The summed E-state index contributed by atoms with van der Waals surface area (Å²) in [5.41, 5.74) is 0.301. The van der Waals surface area contributed by atoms with Gasteiger partial charge in [-0.3, -0.25) is 19.6 Å². The molecule has 0 aromatic heterocycles. The van der Waals surface area contributed by atoms with Crippen LogP contribution in [0.25, 0.3) is 0 Å². The summed E-state index contributed by atoms with van der Waals surface area (Å²) < 4.78 is 0. The number of piperazine rings is 2. The van der Waals surface area contributed by atoms with E-state index in [1.807, 2.05) is 0 Å². The summed E-state index contributed by atoms with van der Waals surface area (Å²) in [6, 6.07) is 0. The van der Waals surface area contributed by atoms with Gasteiger partial charge in [0.15, 0.2) is 0 Å². The van der Waals surface area contributed by atoms with Gasteiger partial charge in [0, 0.05) is 52.4 Å². The normalized spacial score (nSPS) is 44.6. The molecule has 0 unspecified atom stereocenters. The molecule has 4 rings (SSSR count). The minimum absolute atomic E-state index is 0.301. The van der Waals surface area contributed by atoms with E-state index in [0.29, 0.717) is 11.8 Å². The first kappa shape index (κ1) is 10.7. The highest BCUT2D eigenvalue weighted by Gasteiger charge is 2.56. The second-order valence-corrected chi connectivity index (χ2v) is 6.22. The van der Waals surface area contributed by atoms with E-state index in [2.05, 4.69) is 26.5 Å². The van der Waals surface area contributed by atoms with Gasteiger partial charge in [-0.25, -0.2) is 0 Å². The van der Waals surface area contributed by atoms with E-state index in [0.717, 1.165) is 0 Å². The maximum atomic E-state index is 2.76.